The summed E-state index contributed by atoms with van der Waals surface area (Å²) in [6, 6.07) is 15.7. The van der Waals surface area contributed by atoms with Gasteiger partial charge in [-0.1, -0.05) is 48.0 Å². The summed E-state index contributed by atoms with van der Waals surface area (Å²) in [5.74, 6) is -1.04. The minimum Gasteiger partial charge on any atom is -0.504 e. The number of rotatable bonds is 3. The van der Waals surface area contributed by atoms with E-state index >= 15 is 0 Å². The molecule has 1 aromatic carbocycles. The van der Waals surface area contributed by atoms with Crippen molar-refractivity contribution in [1.82, 2.24) is 9.29 Å². The molecule has 0 bridgehead atoms. The maximum absolute atomic E-state index is 12.8. The lowest BCUT2D eigenvalue weighted by molar-refractivity contribution is -0.113. The molecule has 4 rings (SSSR count). The Labute approximate surface area is 175 Å². The number of benzene rings is 1. The monoisotopic (exact) mass is 447 g/mol. The van der Waals surface area contributed by atoms with Crippen molar-refractivity contribution >= 4 is 50.4 Å². The Morgan fingerprint density at radius 3 is 2.62 bits per heavy atom. The number of carbonyl (C=O) groups is 1. The first kappa shape index (κ1) is 19.4. The summed E-state index contributed by atoms with van der Waals surface area (Å²) in [7, 11) is -2.81. The molecule has 0 radical (unpaired) electrons. The standard InChI is InChI=1S/C19H14ClN3O4S2/c1-23-16(17(24)18-13(29(23,26)27)10-14(20)28-18)19(25)22-15-9-5-8-12(21-15)11-6-3-2-4-7-11/h2-10,24H,1H3,(H,21,22,25). The number of hydrogen-bond acceptors (Lipinski definition) is 6. The summed E-state index contributed by atoms with van der Waals surface area (Å²) >= 11 is 6.80. The number of sulfonamides is 1. The zero-order valence-corrected chi connectivity index (χ0v) is 17.3. The largest absolute Gasteiger partial charge is 0.504 e. The topological polar surface area (TPSA) is 99.6 Å². The molecule has 29 heavy (non-hydrogen) atoms. The molecule has 10 heteroatoms. The van der Waals surface area contributed by atoms with Gasteiger partial charge in [-0.3, -0.25) is 9.10 Å². The van der Waals surface area contributed by atoms with Gasteiger partial charge in [0.25, 0.3) is 15.9 Å². The van der Waals surface area contributed by atoms with E-state index in [0.717, 1.165) is 21.2 Å². The van der Waals surface area contributed by atoms with Gasteiger partial charge in [-0.05, 0) is 18.2 Å². The highest BCUT2D eigenvalue weighted by Gasteiger charge is 2.39. The Balaban J connectivity index is 1.70. The summed E-state index contributed by atoms with van der Waals surface area (Å²) in [4.78, 5) is 17.1. The van der Waals surface area contributed by atoms with Gasteiger partial charge in [0, 0.05) is 12.6 Å². The summed E-state index contributed by atoms with van der Waals surface area (Å²) in [6.07, 6.45) is 0. The van der Waals surface area contributed by atoms with Crippen molar-refractivity contribution in [2.45, 2.75) is 4.90 Å². The molecule has 0 atom stereocenters. The molecular formula is C19H14ClN3O4S2. The molecule has 148 valence electrons. The Bertz CT molecular complexity index is 1250. The maximum atomic E-state index is 12.8. The van der Waals surface area contributed by atoms with Crippen LogP contribution in [0.3, 0.4) is 0 Å². The summed E-state index contributed by atoms with van der Waals surface area (Å²) in [5.41, 5.74) is 1.10. The zero-order chi connectivity index (χ0) is 20.8. The molecule has 1 aliphatic heterocycles. The van der Waals surface area contributed by atoms with E-state index in [1.807, 2.05) is 30.3 Å². The van der Waals surface area contributed by atoms with Crippen LogP contribution in [0.2, 0.25) is 4.34 Å². The lowest BCUT2D eigenvalue weighted by atomic mass is 10.1. The van der Waals surface area contributed by atoms with E-state index in [1.165, 1.54) is 13.1 Å². The number of anilines is 1. The zero-order valence-electron chi connectivity index (χ0n) is 15.0. The van der Waals surface area contributed by atoms with Crippen LogP contribution in [0.5, 0.6) is 0 Å². The first-order chi connectivity index (χ1) is 13.8. The SMILES string of the molecule is CN1C(C(=O)Nc2cccc(-c3ccccc3)n2)=C(O)c2sc(Cl)cc2S1(=O)=O. The van der Waals surface area contributed by atoms with E-state index in [-0.39, 0.29) is 19.9 Å². The number of aliphatic hydroxyl groups is 1. The number of amides is 1. The second-order valence-corrected chi connectivity index (χ2v) is 9.76. The average molecular weight is 448 g/mol. The Hall–Kier alpha value is -2.88. The number of aromatic nitrogens is 1. The number of pyridine rings is 1. The van der Waals surface area contributed by atoms with Crippen molar-refractivity contribution in [3.63, 3.8) is 0 Å². The van der Waals surface area contributed by atoms with Crippen LogP contribution < -0.4 is 5.32 Å². The number of nitrogens with zero attached hydrogens (tertiary/aromatic N) is 2. The van der Waals surface area contributed by atoms with E-state index in [2.05, 4.69) is 10.3 Å². The van der Waals surface area contributed by atoms with Crippen molar-refractivity contribution in [2.24, 2.45) is 0 Å². The van der Waals surface area contributed by atoms with Crippen LogP contribution in [0.25, 0.3) is 17.0 Å². The maximum Gasteiger partial charge on any atom is 0.278 e. The highest BCUT2D eigenvalue weighted by Crippen LogP contribution is 2.41. The Morgan fingerprint density at radius 1 is 1.17 bits per heavy atom. The summed E-state index contributed by atoms with van der Waals surface area (Å²) in [5, 5.41) is 13.1. The predicted octanol–water partition coefficient (Wildman–Crippen LogP) is 3.96. The smallest absolute Gasteiger partial charge is 0.278 e. The molecule has 3 aromatic rings. The van der Waals surface area contributed by atoms with Gasteiger partial charge in [-0.25, -0.2) is 13.4 Å². The minimum absolute atomic E-state index is 0.0317. The molecule has 7 nitrogen and oxygen atoms in total. The number of aliphatic hydroxyl groups excluding tert-OH is 1. The molecule has 0 spiro atoms. The molecular weight excluding hydrogens is 434 g/mol. The summed E-state index contributed by atoms with van der Waals surface area (Å²) < 4.78 is 26.3. The van der Waals surface area contributed by atoms with Gasteiger partial charge in [0.15, 0.2) is 11.5 Å². The van der Waals surface area contributed by atoms with Crippen molar-refractivity contribution in [3.8, 4) is 11.3 Å². The van der Waals surface area contributed by atoms with Crippen LogP contribution in [0.1, 0.15) is 4.88 Å². The number of carbonyl (C=O) groups excluding carboxylic acids is 1. The second-order valence-electron chi connectivity index (χ2n) is 6.14. The number of thiophene rings is 1. The minimum atomic E-state index is -4.01. The number of fused-ring (bicyclic) bond motifs is 1. The molecule has 0 aliphatic carbocycles. The van der Waals surface area contributed by atoms with Crippen LogP contribution in [-0.4, -0.2) is 35.8 Å². The van der Waals surface area contributed by atoms with Gasteiger partial charge in [-0.15, -0.1) is 11.3 Å². The van der Waals surface area contributed by atoms with E-state index in [0.29, 0.717) is 5.69 Å². The fourth-order valence-corrected chi connectivity index (χ4v) is 5.87. The fraction of sp³-hybridized carbons (Fsp3) is 0.0526. The van der Waals surface area contributed by atoms with Crippen LogP contribution in [0.15, 0.2) is 65.2 Å². The van der Waals surface area contributed by atoms with E-state index in [4.69, 9.17) is 11.6 Å². The number of halogens is 1. The summed E-state index contributed by atoms with van der Waals surface area (Å²) in [6.45, 7) is 0. The van der Waals surface area contributed by atoms with Crippen LogP contribution >= 0.6 is 22.9 Å². The molecule has 0 saturated carbocycles. The van der Waals surface area contributed by atoms with Gasteiger partial charge in [0.2, 0.25) is 0 Å². The molecule has 3 heterocycles. The molecule has 2 aromatic heterocycles. The van der Waals surface area contributed by atoms with Gasteiger partial charge >= 0.3 is 0 Å². The van der Waals surface area contributed by atoms with Gasteiger partial charge < -0.3 is 10.4 Å². The number of nitrogens with one attached hydrogen (secondary N) is 1. The van der Waals surface area contributed by atoms with Crippen LogP contribution in [-0.2, 0) is 14.8 Å². The molecule has 2 N–H and O–H groups in total. The van der Waals surface area contributed by atoms with Gasteiger partial charge in [0.1, 0.15) is 10.7 Å². The Morgan fingerprint density at radius 2 is 1.90 bits per heavy atom. The third-order valence-corrected chi connectivity index (χ3v) is 7.52. The van der Waals surface area contributed by atoms with E-state index in [1.54, 1.807) is 18.2 Å². The average Bonchev–Trinajstić information content (AvgIpc) is 3.11. The number of likely N-dealkylation sites (N-methyl/N-ethyl adjacent to an activating group) is 1. The molecule has 0 unspecified atom stereocenters. The van der Waals surface area contributed by atoms with Crippen molar-refractivity contribution in [1.29, 1.82) is 0 Å². The fourth-order valence-electron chi connectivity index (χ4n) is 2.93. The third kappa shape index (κ3) is 3.37. The Kier molecular flexibility index (Phi) is 4.81. The first-order valence-corrected chi connectivity index (χ1v) is 11.0. The van der Waals surface area contributed by atoms with Crippen molar-refractivity contribution in [2.75, 3.05) is 12.4 Å². The van der Waals surface area contributed by atoms with Gasteiger partial charge in [0.05, 0.1) is 14.9 Å². The first-order valence-electron chi connectivity index (χ1n) is 8.35. The molecule has 0 saturated heterocycles. The van der Waals surface area contributed by atoms with Crippen LogP contribution in [0, 0.1) is 0 Å². The number of hydrogen-bond donors (Lipinski definition) is 2. The highest BCUT2D eigenvalue weighted by molar-refractivity contribution is 7.89. The highest BCUT2D eigenvalue weighted by atomic mass is 35.5. The molecule has 0 fully saturated rings. The molecule has 1 amide bonds. The van der Waals surface area contributed by atoms with Gasteiger partial charge in [-0.2, -0.15) is 0 Å². The lowest BCUT2D eigenvalue weighted by Crippen LogP contribution is -2.36. The van der Waals surface area contributed by atoms with Crippen molar-refractivity contribution in [3.05, 3.63) is 69.5 Å². The molecule has 1 aliphatic rings. The third-order valence-electron chi connectivity index (χ3n) is 4.34. The second kappa shape index (κ2) is 7.18. The van der Waals surface area contributed by atoms with Crippen LogP contribution in [0.4, 0.5) is 5.82 Å². The van der Waals surface area contributed by atoms with E-state index < -0.39 is 27.4 Å². The van der Waals surface area contributed by atoms with E-state index in [9.17, 15) is 18.3 Å². The van der Waals surface area contributed by atoms with Crippen molar-refractivity contribution < 1.29 is 18.3 Å². The predicted molar refractivity (Wildman–Crippen MR) is 112 cm³/mol. The lowest BCUT2D eigenvalue weighted by Gasteiger charge is -2.26. The quantitative estimate of drug-likeness (QED) is 0.633. The normalized spacial score (nSPS) is 15.2.